The Kier molecular flexibility index (Phi) is 3.45. The molecule has 0 atom stereocenters. The van der Waals surface area contributed by atoms with Gasteiger partial charge in [-0.3, -0.25) is 14.6 Å². The Hall–Kier alpha value is -2.11. The summed E-state index contributed by atoms with van der Waals surface area (Å²) >= 11 is 0. The molecule has 2 aromatic rings. The van der Waals surface area contributed by atoms with E-state index in [1.807, 2.05) is 32.9 Å². The Morgan fingerprint density at radius 2 is 2.22 bits per heavy atom. The van der Waals surface area contributed by atoms with Crippen LogP contribution in [0, 0.1) is 13.8 Å². The molecule has 0 radical (unpaired) electrons. The lowest BCUT2D eigenvalue weighted by atomic mass is 10.3. The smallest absolute Gasteiger partial charge is 0.247 e. The summed E-state index contributed by atoms with van der Waals surface area (Å²) in [4.78, 5) is 11.8. The first-order valence-electron chi connectivity index (χ1n) is 5.93. The molecule has 0 saturated carbocycles. The maximum atomic E-state index is 11.8. The van der Waals surface area contributed by atoms with Crippen molar-refractivity contribution in [2.24, 2.45) is 0 Å². The quantitative estimate of drug-likeness (QED) is 0.858. The van der Waals surface area contributed by atoms with Gasteiger partial charge in [-0.1, -0.05) is 6.92 Å². The molecule has 2 rings (SSSR count). The standard InChI is InChI=1S/C12H17N5O/c1-4-10-6-11(15-14-10)13-12(18)7-17-9(3)5-8(2)16-17/h5-6H,4,7H2,1-3H3,(H2,13,14,15,18). The van der Waals surface area contributed by atoms with Crippen LogP contribution in [-0.2, 0) is 17.8 Å². The minimum Gasteiger partial charge on any atom is -0.308 e. The van der Waals surface area contributed by atoms with E-state index in [1.54, 1.807) is 4.68 Å². The average molecular weight is 247 g/mol. The highest BCUT2D eigenvalue weighted by Gasteiger charge is 2.09. The van der Waals surface area contributed by atoms with Gasteiger partial charge < -0.3 is 5.32 Å². The zero-order valence-electron chi connectivity index (χ0n) is 10.8. The third kappa shape index (κ3) is 2.77. The Bertz CT molecular complexity index is 555. The summed E-state index contributed by atoms with van der Waals surface area (Å²) in [6.45, 7) is 6.06. The highest BCUT2D eigenvalue weighted by atomic mass is 16.2. The fourth-order valence-corrected chi connectivity index (χ4v) is 1.76. The molecule has 2 heterocycles. The first-order chi connectivity index (χ1) is 8.58. The van der Waals surface area contributed by atoms with Crippen LogP contribution in [0.1, 0.15) is 24.0 Å². The summed E-state index contributed by atoms with van der Waals surface area (Å²) in [6.07, 6.45) is 0.861. The van der Waals surface area contributed by atoms with Crippen LogP contribution in [0.5, 0.6) is 0 Å². The number of aromatic amines is 1. The predicted molar refractivity (Wildman–Crippen MR) is 68.3 cm³/mol. The Balaban J connectivity index is 1.98. The molecule has 6 nitrogen and oxygen atoms in total. The topological polar surface area (TPSA) is 75.6 Å². The van der Waals surface area contributed by atoms with Crippen LogP contribution in [0.3, 0.4) is 0 Å². The van der Waals surface area contributed by atoms with Gasteiger partial charge >= 0.3 is 0 Å². The van der Waals surface area contributed by atoms with Crippen molar-refractivity contribution in [3.05, 3.63) is 29.2 Å². The molecule has 2 aromatic heterocycles. The second kappa shape index (κ2) is 5.03. The number of aromatic nitrogens is 4. The SMILES string of the molecule is CCc1cc(NC(=O)Cn2nc(C)cc2C)n[nH]1. The molecule has 0 spiro atoms. The lowest BCUT2D eigenvalue weighted by Gasteiger charge is -2.03. The summed E-state index contributed by atoms with van der Waals surface area (Å²) in [5.74, 6) is 0.425. The number of hydrogen-bond acceptors (Lipinski definition) is 3. The Morgan fingerprint density at radius 3 is 2.78 bits per heavy atom. The zero-order chi connectivity index (χ0) is 13.1. The molecule has 96 valence electrons. The van der Waals surface area contributed by atoms with Crippen molar-refractivity contribution in [2.75, 3.05) is 5.32 Å². The number of nitrogens with zero attached hydrogens (tertiary/aromatic N) is 3. The second-order valence-corrected chi connectivity index (χ2v) is 4.26. The lowest BCUT2D eigenvalue weighted by Crippen LogP contribution is -2.20. The van der Waals surface area contributed by atoms with Crippen LogP contribution >= 0.6 is 0 Å². The van der Waals surface area contributed by atoms with E-state index in [2.05, 4.69) is 20.6 Å². The van der Waals surface area contributed by atoms with E-state index >= 15 is 0 Å². The van der Waals surface area contributed by atoms with Crippen molar-refractivity contribution in [1.29, 1.82) is 0 Å². The largest absolute Gasteiger partial charge is 0.308 e. The third-order valence-corrected chi connectivity index (χ3v) is 2.68. The predicted octanol–water partition coefficient (Wildman–Crippen LogP) is 1.42. The van der Waals surface area contributed by atoms with Crippen molar-refractivity contribution in [3.8, 4) is 0 Å². The maximum absolute atomic E-state index is 11.8. The van der Waals surface area contributed by atoms with E-state index in [1.165, 1.54) is 0 Å². The van der Waals surface area contributed by atoms with E-state index in [4.69, 9.17) is 0 Å². The second-order valence-electron chi connectivity index (χ2n) is 4.26. The Labute approximate surface area is 105 Å². The minimum absolute atomic E-state index is 0.129. The summed E-state index contributed by atoms with van der Waals surface area (Å²) in [5.41, 5.74) is 2.88. The molecule has 0 aromatic carbocycles. The van der Waals surface area contributed by atoms with Crippen LogP contribution in [0.15, 0.2) is 12.1 Å². The summed E-state index contributed by atoms with van der Waals surface area (Å²) < 4.78 is 1.68. The fraction of sp³-hybridized carbons (Fsp3) is 0.417. The van der Waals surface area contributed by atoms with E-state index in [0.29, 0.717) is 5.82 Å². The molecule has 2 N–H and O–H groups in total. The van der Waals surface area contributed by atoms with E-state index < -0.39 is 0 Å². The van der Waals surface area contributed by atoms with Gasteiger partial charge in [0.15, 0.2) is 5.82 Å². The van der Waals surface area contributed by atoms with Gasteiger partial charge in [0.05, 0.1) is 5.69 Å². The van der Waals surface area contributed by atoms with Gasteiger partial charge in [-0.05, 0) is 26.3 Å². The molecule has 0 saturated heterocycles. The zero-order valence-corrected chi connectivity index (χ0v) is 10.8. The number of hydrogen-bond donors (Lipinski definition) is 2. The van der Waals surface area contributed by atoms with Crippen molar-refractivity contribution < 1.29 is 4.79 Å². The van der Waals surface area contributed by atoms with Gasteiger partial charge in [0.2, 0.25) is 5.91 Å². The van der Waals surface area contributed by atoms with Crippen LogP contribution < -0.4 is 5.32 Å². The van der Waals surface area contributed by atoms with Gasteiger partial charge in [-0.15, -0.1) is 0 Å². The molecule has 0 aliphatic carbocycles. The van der Waals surface area contributed by atoms with Gasteiger partial charge in [0.1, 0.15) is 6.54 Å². The third-order valence-electron chi connectivity index (χ3n) is 2.68. The van der Waals surface area contributed by atoms with E-state index in [9.17, 15) is 4.79 Å². The average Bonchev–Trinajstić information content (AvgIpc) is 2.86. The molecule has 18 heavy (non-hydrogen) atoms. The lowest BCUT2D eigenvalue weighted by molar-refractivity contribution is -0.117. The number of rotatable bonds is 4. The molecule has 0 unspecified atom stereocenters. The minimum atomic E-state index is -0.129. The van der Waals surface area contributed by atoms with Crippen LogP contribution in [0.25, 0.3) is 0 Å². The summed E-state index contributed by atoms with van der Waals surface area (Å²) in [5, 5.41) is 13.8. The van der Waals surface area contributed by atoms with Gasteiger partial charge in [0, 0.05) is 17.5 Å². The van der Waals surface area contributed by atoms with Crippen LogP contribution in [0.2, 0.25) is 0 Å². The van der Waals surface area contributed by atoms with Crippen LogP contribution in [-0.4, -0.2) is 25.9 Å². The molecule has 0 fully saturated rings. The maximum Gasteiger partial charge on any atom is 0.247 e. The molecule has 1 amide bonds. The molecule has 6 heteroatoms. The molecular formula is C12H17N5O. The van der Waals surface area contributed by atoms with Crippen molar-refractivity contribution in [2.45, 2.75) is 33.7 Å². The number of anilines is 1. The number of amides is 1. The van der Waals surface area contributed by atoms with Gasteiger partial charge in [-0.25, -0.2) is 0 Å². The Morgan fingerprint density at radius 1 is 1.44 bits per heavy atom. The first kappa shape index (κ1) is 12.3. The van der Waals surface area contributed by atoms with Gasteiger partial charge in [0.25, 0.3) is 0 Å². The first-order valence-corrected chi connectivity index (χ1v) is 5.93. The van der Waals surface area contributed by atoms with Crippen molar-refractivity contribution >= 4 is 11.7 Å². The van der Waals surface area contributed by atoms with E-state index in [-0.39, 0.29) is 12.5 Å². The molecule has 0 bridgehead atoms. The summed E-state index contributed by atoms with van der Waals surface area (Å²) in [7, 11) is 0. The number of carbonyl (C=O) groups excluding carboxylic acids is 1. The summed E-state index contributed by atoms with van der Waals surface area (Å²) in [6, 6.07) is 3.77. The monoisotopic (exact) mass is 247 g/mol. The van der Waals surface area contributed by atoms with Crippen LogP contribution in [0.4, 0.5) is 5.82 Å². The van der Waals surface area contributed by atoms with Crippen molar-refractivity contribution in [1.82, 2.24) is 20.0 Å². The number of nitrogens with one attached hydrogen (secondary N) is 2. The number of carbonyl (C=O) groups is 1. The molecule has 0 aliphatic heterocycles. The number of H-pyrrole nitrogens is 1. The highest BCUT2D eigenvalue weighted by Crippen LogP contribution is 2.06. The number of aryl methyl sites for hydroxylation is 3. The van der Waals surface area contributed by atoms with Crippen molar-refractivity contribution in [3.63, 3.8) is 0 Å². The normalized spacial score (nSPS) is 10.6. The van der Waals surface area contributed by atoms with E-state index in [0.717, 1.165) is 23.5 Å². The molecule has 0 aliphatic rings. The fourth-order valence-electron chi connectivity index (χ4n) is 1.76. The highest BCUT2D eigenvalue weighted by molar-refractivity contribution is 5.89. The molecular weight excluding hydrogens is 230 g/mol. The van der Waals surface area contributed by atoms with Gasteiger partial charge in [-0.2, -0.15) is 10.2 Å².